The van der Waals surface area contributed by atoms with E-state index in [-0.39, 0.29) is 12.1 Å². The zero-order valence-electron chi connectivity index (χ0n) is 10.2. The van der Waals surface area contributed by atoms with E-state index >= 15 is 0 Å². The first-order valence-corrected chi connectivity index (χ1v) is 6.02. The van der Waals surface area contributed by atoms with Crippen LogP contribution in [0.4, 0.5) is 0 Å². The largest absolute Gasteiger partial charge is 0.381 e. The van der Waals surface area contributed by atoms with Crippen molar-refractivity contribution in [1.82, 2.24) is 9.55 Å². The van der Waals surface area contributed by atoms with Crippen LogP contribution in [0.5, 0.6) is 0 Å². The molecule has 1 saturated heterocycles. The van der Waals surface area contributed by atoms with Gasteiger partial charge in [0.25, 0.3) is 0 Å². The van der Waals surface area contributed by atoms with E-state index in [0.717, 1.165) is 25.3 Å². The maximum atomic E-state index is 6.29. The predicted octanol–water partition coefficient (Wildman–Crippen LogP) is 1.50. The molecular weight excluding hydrogens is 214 g/mol. The standard InChI is InChI=1S/C13H19N3O/c1-3-4-10(2)16-9-15-7-12(16)13(14)11-5-6-17-8-11/h1,7,9-11,13H,4-6,8,14H2,2H3. The van der Waals surface area contributed by atoms with Gasteiger partial charge in [-0.2, -0.15) is 0 Å². The highest BCUT2D eigenvalue weighted by Gasteiger charge is 2.26. The summed E-state index contributed by atoms with van der Waals surface area (Å²) in [4.78, 5) is 4.19. The van der Waals surface area contributed by atoms with E-state index in [1.165, 1.54) is 0 Å². The number of ether oxygens (including phenoxy) is 1. The Kier molecular flexibility index (Phi) is 3.82. The van der Waals surface area contributed by atoms with Gasteiger partial charge < -0.3 is 15.0 Å². The highest BCUT2D eigenvalue weighted by molar-refractivity contribution is 5.09. The molecule has 1 aliphatic heterocycles. The molecule has 92 valence electrons. The van der Waals surface area contributed by atoms with Crippen molar-refractivity contribution in [2.75, 3.05) is 13.2 Å². The second-order valence-corrected chi connectivity index (χ2v) is 4.63. The van der Waals surface area contributed by atoms with Gasteiger partial charge in [-0.05, 0) is 13.3 Å². The first-order chi connectivity index (χ1) is 8.24. The summed E-state index contributed by atoms with van der Waals surface area (Å²) in [6.07, 6.45) is 10.7. The van der Waals surface area contributed by atoms with Gasteiger partial charge >= 0.3 is 0 Å². The quantitative estimate of drug-likeness (QED) is 0.802. The third-order valence-electron chi connectivity index (χ3n) is 3.40. The molecule has 2 N–H and O–H groups in total. The van der Waals surface area contributed by atoms with Crippen molar-refractivity contribution in [1.29, 1.82) is 0 Å². The van der Waals surface area contributed by atoms with Crippen LogP contribution in [-0.4, -0.2) is 22.8 Å². The van der Waals surface area contributed by atoms with Crippen LogP contribution in [0, 0.1) is 18.3 Å². The normalized spacial score (nSPS) is 23.2. The molecule has 2 heterocycles. The van der Waals surface area contributed by atoms with Crippen LogP contribution in [0.25, 0.3) is 0 Å². The van der Waals surface area contributed by atoms with E-state index in [0.29, 0.717) is 12.3 Å². The van der Waals surface area contributed by atoms with E-state index in [1.54, 1.807) is 0 Å². The number of aromatic nitrogens is 2. The third kappa shape index (κ3) is 2.51. The minimum atomic E-state index is -0.0137. The van der Waals surface area contributed by atoms with Crippen molar-refractivity contribution in [3.8, 4) is 12.3 Å². The highest BCUT2D eigenvalue weighted by atomic mass is 16.5. The van der Waals surface area contributed by atoms with Gasteiger partial charge in [0.15, 0.2) is 0 Å². The number of rotatable bonds is 4. The molecule has 1 aliphatic rings. The SMILES string of the molecule is C#CCC(C)n1cncc1C(N)C1CCOC1. The lowest BCUT2D eigenvalue weighted by Crippen LogP contribution is -2.25. The number of hydrogen-bond acceptors (Lipinski definition) is 3. The summed E-state index contributed by atoms with van der Waals surface area (Å²) in [5.74, 6) is 3.07. The molecule has 4 heteroatoms. The summed E-state index contributed by atoms with van der Waals surface area (Å²) in [5, 5.41) is 0. The molecule has 0 bridgehead atoms. The lowest BCUT2D eigenvalue weighted by molar-refractivity contribution is 0.180. The Labute approximate surface area is 102 Å². The molecule has 3 atom stereocenters. The van der Waals surface area contributed by atoms with E-state index in [2.05, 4.69) is 22.4 Å². The lowest BCUT2D eigenvalue weighted by Gasteiger charge is -2.22. The Hall–Kier alpha value is -1.31. The van der Waals surface area contributed by atoms with Gasteiger partial charge in [-0.25, -0.2) is 4.98 Å². The lowest BCUT2D eigenvalue weighted by atomic mass is 9.97. The fourth-order valence-electron chi connectivity index (χ4n) is 2.29. The van der Waals surface area contributed by atoms with Crippen LogP contribution in [0.2, 0.25) is 0 Å². The number of terminal acetylenes is 1. The second kappa shape index (κ2) is 5.35. The van der Waals surface area contributed by atoms with E-state index in [9.17, 15) is 0 Å². The van der Waals surface area contributed by atoms with Crippen LogP contribution in [0.1, 0.15) is 37.5 Å². The molecule has 0 saturated carbocycles. The van der Waals surface area contributed by atoms with Gasteiger partial charge in [-0.3, -0.25) is 0 Å². The fourth-order valence-corrected chi connectivity index (χ4v) is 2.29. The molecule has 4 nitrogen and oxygen atoms in total. The minimum Gasteiger partial charge on any atom is -0.381 e. The van der Waals surface area contributed by atoms with Gasteiger partial charge in [0, 0.05) is 31.2 Å². The van der Waals surface area contributed by atoms with Gasteiger partial charge in [0.1, 0.15) is 0 Å². The molecule has 17 heavy (non-hydrogen) atoms. The topological polar surface area (TPSA) is 53.1 Å². The molecule has 1 aromatic heterocycles. The molecule has 3 unspecified atom stereocenters. The van der Waals surface area contributed by atoms with Gasteiger partial charge in [-0.15, -0.1) is 12.3 Å². The predicted molar refractivity (Wildman–Crippen MR) is 66.2 cm³/mol. The first kappa shape index (κ1) is 12.2. The number of nitrogens with two attached hydrogens (primary N) is 1. The molecule has 1 fully saturated rings. The maximum Gasteiger partial charge on any atom is 0.0951 e. The molecular formula is C13H19N3O. The number of imidazole rings is 1. The summed E-state index contributed by atoms with van der Waals surface area (Å²) in [5.41, 5.74) is 7.35. The fraction of sp³-hybridized carbons (Fsp3) is 0.615. The Balaban J connectivity index is 2.15. The molecule has 1 aromatic rings. The minimum absolute atomic E-state index is 0.0137. The zero-order chi connectivity index (χ0) is 12.3. The summed E-state index contributed by atoms with van der Waals surface area (Å²) in [6, 6.07) is 0.228. The number of hydrogen-bond donors (Lipinski definition) is 1. The van der Waals surface area contributed by atoms with Crippen molar-refractivity contribution in [3.63, 3.8) is 0 Å². The third-order valence-corrected chi connectivity index (χ3v) is 3.40. The van der Waals surface area contributed by atoms with Crippen LogP contribution in [-0.2, 0) is 4.74 Å². The molecule has 2 rings (SSSR count). The average molecular weight is 233 g/mol. The molecule has 0 aromatic carbocycles. The van der Waals surface area contributed by atoms with Gasteiger partial charge in [0.2, 0.25) is 0 Å². The van der Waals surface area contributed by atoms with Crippen LogP contribution < -0.4 is 5.73 Å². The summed E-state index contributed by atoms with van der Waals surface area (Å²) in [6.45, 7) is 3.64. The maximum absolute atomic E-state index is 6.29. The monoisotopic (exact) mass is 233 g/mol. The van der Waals surface area contributed by atoms with Crippen molar-refractivity contribution in [2.45, 2.75) is 31.8 Å². The van der Waals surface area contributed by atoms with Crippen molar-refractivity contribution in [3.05, 3.63) is 18.2 Å². The molecule has 0 aliphatic carbocycles. The van der Waals surface area contributed by atoms with Crippen molar-refractivity contribution in [2.24, 2.45) is 11.7 Å². The van der Waals surface area contributed by atoms with Crippen molar-refractivity contribution >= 4 is 0 Å². The summed E-state index contributed by atoms with van der Waals surface area (Å²) in [7, 11) is 0. The first-order valence-electron chi connectivity index (χ1n) is 6.02. The smallest absolute Gasteiger partial charge is 0.0951 e. The summed E-state index contributed by atoms with van der Waals surface area (Å²) >= 11 is 0. The second-order valence-electron chi connectivity index (χ2n) is 4.63. The van der Waals surface area contributed by atoms with Crippen LogP contribution >= 0.6 is 0 Å². The average Bonchev–Trinajstić information content (AvgIpc) is 3.00. The van der Waals surface area contributed by atoms with E-state index in [1.807, 2.05) is 12.5 Å². The molecule has 0 spiro atoms. The Bertz CT molecular complexity index is 401. The van der Waals surface area contributed by atoms with Crippen LogP contribution in [0.15, 0.2) is 12.5 Å². The van der Waals surface area contributed by atoms with Gasteiger partial charge in [0.05, 0.1) is 24.7 Å². The van der Waals surface area contributed by atoms with Gasteiger partial charge in [-0.1, -0.05) is 0 Å². The zero-order valence-corrected chi connectivity index (χ0v) is 10.2. The Morgan fingerprint density at radius 1 is 1.76 bits per heavy atom. The van der Waals surface area contributed by atoms with Crippen molar-refractivity contribution < 1.29 is 4.74 Å². The summed E-state index contributed by atoms with van der Waals surface area (Å²) < 4.78 is 7.47. The van der Waals surface area contributed by atoms with Crippen LogP contribution in [0.3, 0.4) is 0 Å². The van der Waals surface area contributed by atoms with E-state index < -0.39 is 0 Å². The molecule has 0 radical (unpaired) electrons. The highest BCUT2D eigenvalue weighted by Crippen LogP contribution is 2.28. The van der Waals surface area contributed by atoms with E-state index in [4.69, 9.17) is 16.9 Å². The molecule has 0 amide bonds. The Morgan fingerprint density at radius 2 is 2.59 bits per heavy atom. The Morgan fingerprint density at radius 3 is 3.24 bits per heavy atom. The number of nitrogens with zero attached hydrogens (tertiary/aromatic N) is 2.